The lowest BCUT2D eigenvalue weighted by Crippen LogP contribution is -2.12. The van der Waals surface area contributed by atoms with E-state index in [0.717, 1.165) is 4.74 Å². The molecule has 16 heavy (non-hydrogen) atoms. The van der Waals surface area contributed by atoms with Crippen LogP contribution in [0.15, 0.2) is 39.6 Å². The molecule has 0 bridgehead atoms. The summed E-state index contributed by atoms with van der Waals surface area (Å²) < 4.78 is 5.70. The third-order valence-corrected chi connectivity index (χ3v) is 2.36. The molecule has 2 rings (SSSR count). The fraction of sp³-hybridized carbons (Fsp3) is 0.0909. The smallest absolute Gasteiger partial charge is 0.328 e. The summed E-state index contributed by atoms with van der Waals surface area (Å²) >= 11 is 5.71. The summed E-state index contributed by atoms with van der Waals surface area (Å²) in [4.78, 5) is 22.8. The van der Waals surface area contributed by atoms with Gasteiger partial charge in [-0.05, 0) is 31.2 Å². The molecule has 4 nitrogen and oxygen atoms in total. The highest BCUT2D eigenvalue weighted by Crippen LogP contribution is 2.11. The average molecular weight is 238 g/mol. The van der Waals surface area contributed by atoms with E-state index in [4.69, 9.17) is 16.1 Å². The number of hydrogen-bond donors (Lipinski definition) is 0. The van der Waals surface area contributed by atoms with Crippen LogP contribution in [0, 0.1) is 6.92 Å². The Labute approximate surface area is 96.0 Å². The summed E-state index contributed by atoms with van der Waals surface area (Å²) in [6.45, 7) is 1.62. The first-order valence-corrected chi connectivity index (χ1v) is 4.96. The van der Waals surface area contributed by atoms with Crippen molar-refractivity contribution >= 4 is 17.5 Å². The van der Waals surface area contributed by atoms with Gasteiger partial charge >= 0.3 is 5.63 Å². The van der Waals surface area contributed by atoms with Gasteiger partial charge in [-0.1, -0.05) is 11.6 Å². The predicted molar refractivity (Wildman–Crippen MR) is 58.9 cm³/mol. The van der Waals surface area contributed by atoms with Gasteiger partial charge < -0.3 is 4.52 Å². The molecule has 2 aromatic rings. The number of carbonyl (C=O) groups is 1. The van der Waals surface area contributed by atoms with Crippen LogP contribution in [-0.4, -0.2) is 10.6 Å². The molecule has 0 aliphatic heterocycles. The van der Waals surface area contributed by atoms with Crippen molar-refractivity contribution in [2.75, 3.05) is 0 Å². The maximum absolute atomic E-state index is 11.9. The van der Waals surface area contributed by atoms with Gasteiger partial charge in [0.2, 0.25) is 0 Å². The molecule has 0 spiro atoms. The summed E-state index contributed by atoms with van der Waals surface area (Å²) in [5.41, 5.74) is 0.330. The summed E-state index contributed by atoms with van der Waals surface area (Å²) in [6.07, 6.45) is 0. The van der Waals surface area contributed by atoms with Crippen LogP contribution in [0.1, 0.15) is 16.1 Å². The molecule has 0 unspecified atom stereocenters. The highest BCUT2D eigenvalue weighted by molar-refractivity contribution is 6.30. The third kappa shape index (κ3) is 1.92. The number of aromatic nitrogens is 1. The first-order chi connectivity index (χ1) is 7.58. The maximum atomic E-state index is 11.9. The van der Waals surface area contributed by atoms with Crippen LogP contribution in [-0.2, 0) is 0 Å². The summed E-state index contributed by atoms with van der Waals surface area (Å²) in [7, 11) is 0. The van der Waals surface area contributed by atoms with E-state index in [9.17, 15) is 9.59 Å². The van der Waals surface area contributed by atoms with Crippen molar-refractivity contribution in [1.82, 2.24) is 4.74 Å². The van der Waals surface area contributed by atoms with Crippen molar-refractivity contribution < 1.29 is 9.32 Å². The van der Waals surface area contributed by atoms with Gasteiger partial charge in [-0.25, -0.2) is 4.79 Å². The minimum absolute atomic E-state index is 0.392. The number of carbonyl (C=O) groups excluding carboxylic acids is 1. The molecule has 1 heterocycles. The van der Waals surface area contributed by atoms with Gasteiger partial charge in [-0.2, -0.15) is 0 Å². The third-order valence-electron chi connectivity index (χ3n) is 2.10. The first kappa shape index (κ1) is 10.7. The van der Waals surface area contributed by atoms with Gasteiger partial charge in [0, 0.05) is 16.7 Å². The van der Waals surface area contributed by atoms with E-state index >= 15 is 0 Å². The van der Waals surface area contributed by atoms with Crippen molar-refractivity contribution in [3.8, 4) is 0 Å². The van der Waals surface area contributed by atoms with Gasteiger partial charge in [0.15, 0.2) is 0 Å². The molecular formula is C11H8ClNO3. The van der Waals surface area contributed by atoms with Crippen molar-refractivity contribution in [2.45, 2.75) is 6.92 Å². The van der Waals surface area contributed by atoms with E-state index in [0.29, 0.717) is 16.3 Å². The van der Waals surface area contributed by atoms with Crippen LogP contribution in [0.25, 0.3) is 0 Å². The molecule has 5 heteroatoms. The molecule has 0 aliphatic rings. The van der Waals surface area contributed by atoms with E-state index in [1.807, 2.05) is 0 Å². The van der Waals surface area contributed by atoms with Crippen molar-refractivity contribution in [3.63, 3.8) is 0 Å². The largest absolute Gasteiger partial charge is 0.358 e. The van der Waals surface area contributed by atoms with Gasteiger partial charge in [0.25, 0.3) is 5.91 Å². The highest BCUT2D eigenvalue weighted by atomic mass is 35.5. The molecule has 0 fully saturated rings. The monoisotopic (exact) mass is 237 g/mol. The zero-order chi connectivity index (χ0) is 11.7. The number of halogens is 1. The Bertz CT molecular complexity index is 580. The Kier molecular flexibility index (Phi) is 2.66. The molecule has 82 valence electrons. The van der Waals surface area contributed by atoms with Crippen LogP contribution in [0.5, 0.6) is 0 Å². The molecule has 0 saturated heterocycles. The normalized spacial score (nSPS) is 10.4. The lowest BCUT2D eigenvalue weighted by atomic mass is 10.2. The second-order valence-electron chi connectivity index (χ2n) is 3.30. The number of aryl methyl sites for hydroxylation is 1. The first-order valence-electron chi connectivity index (χ1n) is 4.58. The highest BCUT2D eigenvalue weighted by Gasteiger charge is 2.13. The minimum Gasteiger partial charge on any atom is -0.328 e. The van der Waals surface area contributed by atoms with E-state index in [1.165, 1.54) is 6.07 Å². The van der Waals surface area contributed by atoms with Gasteiger partial charge in [0.1, 0.15) is 0 Å². The van der Waals surface area contributed by atoms with Crippen LogP contribution < -0.4 is 5.63 Å². The zero-order valence-corrected chi connectivity index (χ0v) is 9.19. The van der Waals surface area contributed by atoms with Crippen LogP contribution in [0.3, 0.4) is 0 Å². The summed E-state index contributed by atoms with van der Waals surface area (Å²) in [6, 6.07) is 7.61. The second kappa shape index (κ2) is 3.98. The Balaban J connectivity index is 2.43. The Hall–Kier alpha value is -1.81. The number of nitrogens with zero attached hydrogens (tertiary/aromatic N) is 1. The topological polar surface area (TPSA) is 52.2 Å². The van der Waals surface area contributed by atoms with Gasteiger partial charge in [0.05, 0.1) is 5.69 Å². The lowest BCUT2D eigenvalue weighted by Gasteiger charge is -2.01. The lowest BCUT2D eigenvalue weighted by molar-refractivity contribution is 0.0834. The van der Waals surface area contributed by atoms with Crippen molar-refractivity contribution in [1.29, 1.82) is 0 Å². The molecular weight excluding hydrogens is 230 g/mol. The van der Waals surface area contributed by atoms with E-state index in [-0.39, 0.29) is 0 Å². The number of hydrogen-bond acceptors (Lipinski definition) is 3. The van der Waals surface area contributed by atoms with E-state index in [2.05, 4.69) is 0 Å². The van der Waals surface area contributed by atoms with E-state index in [1.54, 1.807) is 31.2 Å². The van der Waals surface area contributed by atoms with Crippen LogP contribution in [0.2, 0.25) is 5.02 Å². The Morgan fingerprint density at radius 2 is 1.94 bits per heavy atom. The molecule has 0 radical (unpaired) electrons. The molecule has 0 aliphatic carbocycles. The molecule has 1 aromatic carbocycles. The second-order valence-corrected chi connectivity index (χ2v) is 3.74. The van der Waals surface area contributed by atoms with Crippen LogP contribution >= 0.6 is 11.6 Å². The average Bonchev–Trinajstić information content (AvgIpc) is 2.58. The van der Waals surface area contributed by atoms with Crippen LogP contribution in [0.4, 0.5) is 0 Å². The predicted octanol–water partition coefficient (Wildman–Crippen LogP) is 2.09. The fourth-order valence-corrected chi connectivity index (χ4v) is 1.45. The zero-order valence-electron chi connectivity index (χ0n) is 8.44. The molecule has 0 atom stereocenters. The number of rotatable bonds is 1. The minimum atomic E-state index is -0.542. The summed E-state index contributed by atoms with van der Waals surface area (Å²) in [5.74, 6) is -0.392. The molecule has 0 N–H and O–H groups in total. The Morgan fingerprint density at radius 3 is 2.44 bits per heavy atom. The van der Waals surface area contributed by atoms with Crippen molar-refractivity contribution in [3.05, 3.63) is 57.0 Å². The van der Waals surface area contributed by atoms with Gasteiger partial charge in [-0.15, -0.1) is 4.74 Å². The SMILES string of the molecule is Cc1cc(=O)on1C(=O)c1ccc(Cl)cc1. The van der Waals surface area contributed by atoms with E-state index < -0.39 is 11.5 Å². The van der Waals surface area contributed by atoms with Crippen molar-refractivity contribution in [2.24, 2.45) is 0 Å². The molecule has 0 amide bonds. The quantitative estimate of drug-likeness (QED) is 0.763. The summed E-state index contributed by atoms with van der Waals surface area (Å²) in [5, 5.41) is 0.544. The standard InChI is InChI=1S/C11H8ClNO3/c1-7-6-10(14)16-13(7)11(15)8-2-4-9(12)5-3-8/h2-6H,1H3. The Morgan fingerprint density at radius 1 is 1.31 bits per heavy atom. The number of benzene rings is 1. The maximum Gasteiger partial charge on any atom is 0.358 e. The van der Waals surface area contributed by atoms with Gasteiger partial charge in [-0.3, -0.25) is 4.79 Å². The molecule has 0 saturated carbocycles. The molecule has 1 aromatic heterocycles. The fourth-order valence-electron chi connectivity index (χ4n) is 1.33.